The number of carbonyl (C=O) groups excluding carboxylic acids is 2. The molecule has 452 valence electrons. The smallest absolute Gasteiger partial charge is 0.160 e. The van der Waals surface area contributed by atoms with Gasteiger partial charge in [0.1, 0.15) is 17.6 Å². The van der Waals surface area contributed by atoms with Gasteiger partial charge < -0.3 is 46.6 Å². The molecule has 9 N–H and O–H groups in total. The first-order valence-corrected chi connectivity index (χ1v) is 33.4. The highest BCUT2D eigenvalue weighted by atomic mass is 16.6. The van der Waals surface area contributed by atoms with E-state index in [2.05, 4.69) is 69.5 Å². The number of hydrogen-bond donors (Lipinski definition) is 8. The molecule has 4 bridgehead atoms. The average Bonchev–Trinajstić information content (AvgIpc) is 0.980. The molecule has 2 aliphatic heterocycles. The molecule has 2 aromatic carbocycles. The lowest BCUT2D eigenvalue weighted by Gasteiger charge is -2.75. The van der Waals surface area contributed by atoms with E-state index in [-0.39, 0.29) is 95.6 Å². The van der Waals surface area contributed by atoms with Gasteiger partial charge in [0.25, 0.3) is 0 Å². The number of epoxide rings is 1. The Kier molecular flexibility index (Phi) is 16.0. The first kappa shape index (κ1) is 59.2. The van der Waals surface area contributed by atoms with Crippen LogP contribution in [0.1, 0.15) is 217 Å². The molecular weight excluding hydrogens is 1020 g/mol. The quantitative estimate of drug-likeness (QED) is 0.0702. The lowest BCUT2D eigenvalue weighted by Crippen LogP contribution is -2.74. The molecule has 10 aliphatic rings. The minimum atomic E-state index is -0.946. The Morgan fingerprint density at radius 3 is 2.33 bits per heavy atom. The summed E-state index contributed by atoms with van der Waals surface area (Å²) in [6.07, 6.45) is 18.8. The Bertz CT molecular complexity index is 2750. The van der Waals surface area contributed by atoms with Gasteiger partial charge in [-0.05, 0) is 258 Å². The number of aliphatic hydroxyl groups is 4. The van der Waals surface area contributed by atoms with Crippen molar-refractivity contribution in [1.29, 1.82) is 0 Å². The molecule has 12 rings (SSSR count). The fourth-order valence-corrected chi connectivity index (χ4v) is 22.9. The van der Waals surface area contributed by atoms with E-state index in [0.717, 1.165) is 144 Å². The van der Waals surface area contributed by atoms with Crippen molar-refractivity contribution in [3.05, 3.63) is 69.8 Å². The van der Waals surface area contributed by atoms with E-state index < -0.39 is 39.5 Å². The van der Waals surface area contributed by atoms with Crippen LogP contribution in [0.25, 0.3) is 0 Å². The van der Waals surface area contributed by atoms with Gasteiger partial charge in [-0.1, -0.05) is 77.5 Å². The molecule has 8 aliphatic carbocycles. The van der Waals surface area contributed by atoms with E-state index >= 15 is 9.59 Å². The third-order valence-corrected chi connectivity index (χ3v) is 26.0. The predicted octanol–water partition coefficient (Wildman–Crippen LogP) is 11.6. The summed E-state index contributed by atoms with van der Waals surface area (Å²) in [7, 11) is 1.92. The number of ether oxygens (including phenoxy) is 1. The number of β-amino-alcohol motifs (C(OH)–C–C–N with tert-alkyl or cyclic N) is 1. The van der Waals surface area contributed by atoms with Crippen LogP contribution < -0.4 is 16.4 Å². The minimum absolute atomic E-state index is 0.0193. The number of rotatable bonds is 13. The molecule has 0 amide bonds. The number of anilines is 1. The molecule has 0 aromatic heterocycles. The number of phenolic OH excluding ortho intramolecular Hbond substituents is 1. The first-order chi connectivity index (χ1) is 39.1. The number of benzene rings is 2. The summed E-state index contributed by atoms with van der Waals surface area (Å²) in [6, 6.07) is 12.4. The fourth-order valence-electron chi connectivity index (χ4n) is 22.9. The van der Waals surface area contributed by atoms with Crippen molar-refractivity contribution in [2.75, 3.05) is 32.5 Å². The highest BCUT2D eigenvalue weighted by Crippen LogP contribution is 2.80. The normalized spacial score (nSPS) is 43.6. The molecule has 0 radical (unpaired) electrons. The van der Waals surface area contributed by atoms with Gasteiger partial charge in [0, 0.05) is 61.2 Å². The monoisotopic (exact) mass is 1130 g/mol. The van der Waals surface area contributed by atoms with Crippen molar-refractivity contribution in [1.82, 2.24) is 10.6 Å². The molecule has 19 atom stereocenters. The van der Waals surface area contributed by atoms with Crippen molar-refractivity contribution in [2.24, 2.45) is 80.8 Å². The Morgan fingerprint density at radius 1 is 0.829 bits per heavy atom. The van der Waals surface area contributed by atoms with Gasteiger partial charge in [0.2, 0.25) is 0 Å². The zero-order chi connectivity index (χ0) is 57.9. The maximum Gasteiger partial charge on any atom is 0.160 e. The Morgan fingerprint density at radius 2 is 1.59 bits per heavy atom. The molecule has 2 saturated heterocycles. The molecule has 2 heterocycles. The number of hydrogen-bond acceptors (Lipinski definition) is 11. The fraction of sp³-hybridized carbons (Fsp3) is 0.775. The highest BCUT2D eigenvalue weighted by Gasteiger charge is 2.77. The maximum atomic E-state index is 16.2. The summed E-state index contributed by atoms with van der Waals surface area (Å²) in [6.45, 7) is 14.6. The van der Waals surface area contributed by atoms with Crippen LogP contribution >= 0.6 is 0 Å². The van der Waals surface area contributed by atoms with Gasteiger partial charge in [0.05, 0.1) is 17.3 Å². The average molecular weight is 1130 g/mol. The second kappa shape index (κ2) is 22.2. The molecule has 2 aromatic rings. The number of fused-ring (bicyclic) bond motifs is 2. The minimum Gasteiger partial charge on any atom is -0.508 e. The standard InChI is InChI=1S/C71H105N3O8/c1-41(2)25-43-26-46(31-50(72)28-43)52-15-12-16-56(52)69(6)65(82-69)59(78)33-54-53-30-42(38-75)17-18-45(53)19-20-49(39-76)71-35-58-63-67(4,24-11-10-23-66(3,81)40-74-58)64(80)55(47-27-44(37-73-7)29-51(77)32-47)34-70(63,48-13-8-9-14-48)61(71)22-21-57-62(54)60(79)36-68(57,71)5/h26-29,31-32,41-42,45,48-49,52-56,58-59,61,63,65,73-78,81H,8-25,30,33-40,72H2,1-7H3. The summed E-state index contributed by atoms with van der Waals surface area (Å²) in [5, 5.41) is 67.8. The maximum absolute atomic E-state index is 16.2. The predicted molar refractivity (Wildman–Crippen MR) is 323 cm³/mol. The van der Waals surface area contributed by atoms with Crippen LogP contribution in [-0.2, 0) is 27.3 Å². The van der Waals surface area contributed by atoms with E-state index in [1.165, 1.54) is 16.7 Å². The van der Waals surface area contributed by atoms with Crippen molar-refractivity contribution >= 4 is 17.3 Å². The van der Waals surface area contributed by atoms with Crippen LogP contribution in [0.4, 0.5) is 5.69 Å². The number of phenols is 1. The van der Waals surface area contributed by atoms with E-state index in [1.807, 2.05) is 26.1 Å². The largest absolute Gasteiger partial charge is 0.508 e. The zero-order valence-electron chi connectivity index (χ0n) is 51.3. The number of nitrogen functional groups attached to an aromatic ring is 1. The topological polar surface area (TPSA) is 198 Å². The van der Waals surface area contributed by atoms with Crippen LogP contribution in [0, 0.1) is 80.8 Å². The Hall–Kier alpha value is -3.16. The molecule has 82 heavy (non-hydrogen) atoms. The van der Waals surface area contributed by atoms with Crippen LogP contribution in [-0.4, -0.2) is 93.4 Å². The molecule has 11 nitrogen and oxygen atoms in total. The van der Waals surface area contributed by atoms with Crippen LogP contribution in [0.15, 0.2) is 47.5 Å². The van der Waals surface area contributed by atoms with Crippen LogP contribution in [0.5, 0.6) is 5.75 Å². The van der Waals surface area contributed by atoms with Gasteiger partial charge in [-0.15, -0.1) is 0 Å². The van der Waals surface area contributed by atoms with Crippen molar-refractivity contribution in [2.45, 2.75) is 237 Å². The summed E-state index contributed by atoms with van der Waals surface area (Å²) >= 11 is 0. The van der Waals surface area contributed by atoms with Gasteiger partial charge in [0.15, 0.2) is 5.78 Å². The van der Waals surface area contributed by atoms with Gasteiger partial charge in [-0.2, -0.15) is 0 Å². The van der Waals surface area contributed by atoms with E-state index in [9.17, 15) is 25.5 Å². The zero-order valence-corrected chi connectivity index (χ0v) is 51.3. The second-order valence-electron chi connectivity index (χ2n) is 31.0. The number of aliphatic hydroxyl groups excluding tert-OH is 3. The highest BCUT2D eigenvalue weighted by molar-refractivity contribution is 6.01. The number of allylic oxidation sites excluding steroid dienone is 2. The van der Waals surface area contributed by atoms with Crippen molar-refractivity contribution < 1.29 is 39.9 Å². The Labute approximate surface area is 491 Å². The number of nitrogens with one attached hydrogen (secondary N) is 2. The SMILES string of the molecule is CNCc1cc(O)cc(C2CC3(C4CCCC4)C4C(CC56C(CO)CCC7CCC(CO)CC7C(CC(O)C7OC7(C)C7CCCC7c7cc(N)cc(CC(C)C)c7)C7=C(CCC35)C6(C)CC7=O)NCC(C)(O)CCCCC4(C)C2=O)c1. The van der Waals surface area contributed by atoms with E-state index in [1.54, 1.807) is 0 Å². The van der Waals surface area contributed by atoms with Crippen LogP contribution in [0.2, 0.25) is 0 Å². The summed E-state index contributed by atoms with van der Waals surface area (Å²) < 4.78 is 6.92. The van der Waals surface area contributed by atoms with Crippen molar-refractivity contribution in [3.63, 3.8) is 0 Å². The van der Waals surface area contributed by atoms with Crippen LogP contribution in [0.3, 0.4) is 0 Å². The number of ketones is 2. The number of carbonyl (C=O) groups is 2. The third kappa shape index (κ3) is 9.67. The van der Waals surface area contributed by atoms with Gasteiger partial charge in [-0.3, -0.25) is 9.59 Å². The van der Waals surface area contributed by atoms with Gasteiger partial charge >= 0.3 is 0 Å². The molecular formula is C71H105N3O8. The third-order valence-electron chi connectivity index (χ3n) is 26.0. The number of nitrogens with two attached hydrogens (primary N) is 1. The summed E-state index contributed by atoms with van der Waals surface area (Å²) in [5.74, 6) is 1.86. The summed E-state index contributed by atoms with van der Waals surface area (Å²) in [4.78, 5) is 32.4. The molecule has 11 heteroatoms. The molecule has 6 saturated carbocycles. The van der Waals surface area contributed by atoms with Gasteiger partial charge in [-0.25, -0.2) is 0 Å². The Balaban J connectivity index is 0.993. The lowest BCUT2D eigenvalue weighted by molar-refractivity contribution is -0.247. The molecule has 19 unspecified atom stereocenters. The van der Waals surface area contributed by atoms with E-state index in [0.29, 0.717) is 56.4 Å². The summed E-state index contributed by atoms with van der Waals surface area (Å²) in [5.41, 5.74) is 10.4. The second-order valence-corrected chi connectivity index (χ2v) is 31.0. The first-order valence-electron chi connectivity index (χ1n) is 33.4. The molecule has 1 spiro atoms. The molecule has 8 fully saturated rings. The number of aromatic hydroxyl groups is 1. The number of Topliss-reactive ketones (excluding diaryl/α,β-unsaturated/α-hetero) is 2. The van der Waals surface area contributed by atoms with E-state index in [4.69, 9.17) is 10.5 Å². The van der Waals surface area contributed by atoms with Crippen molar-refractivity contribution in [3.8, 4) is 5.75 Å². The lowest BCUT2D eigenvalue weighted by atomic mass is 9.29.